The average molecular weight is 367 g/mol. The fraction of sp³-hybridized carbons (Fsp3) is 0.857. The molecule has 1 fully saturated rings. The Balaban J connectivity index is 0.000001000. The zero-order chi connectivity index (χ0) is 7.61. The minimum Gasteiger partial charge on any atom is -0.480 e. The first-order valence-corrected chi connectivity index (χ1v) is 3.95. The topological polar surface area (TPSA) is 37.3 Å². The van der Waals surface area contributed by atoms with Crippen LogP contribution in [0.1, 0.15) is 32.1 Å². The molecule has 0 amide bonds. The first kappa shape index (κ1) is 11.7. The molecule has 1 saturated carbocycles. The van der Waals surface area contributed by atoms with Gasteiger partial charge in [-0.1, -0.05) is 19.3 Å². The van der Waals surface area contributed by atoms with Crippen molar-refractivity contribution >= 4 is 44.9 Å². The first-order valence-electron chi connectivity index (χ1n) is 3.57. The van der Waals surface area contributed by atoms with Crippen LogP contribution in [-0.2, 0) is 4.79 Å². The van der Waals surface area contributed by atoms with Crippen molar-refractivity contribution in [2.45, 2.75) is 37.0 Å². The minimum atomic E-state index is -0.932. The van der Waals surface area contributed by atoms with Crippen LogP contribution in [0.25, 0.3) is 0 Å². The van der Waals surface area contributed by atoms with Gasteiger partial charge < -0.3 is 5.11 Å². The summed E-state index contributed by atoms with van der Waals surface area (Å²) in [5.41, 5.74) is 0. The monoisotopic (exact) mass is 367 g/mol. The van der Waals surface area contributed by atoms with Gasteiger partial charge in [0.2, 0.25) is 0 Å². The van der Waals surface area contributed by atoms with Gasteiger partial charge in [0.25, 0.3) is 0 Å². The number of aliphatic carboxylic acids is 1. The number of carboxylic acid groups (broad SMARTS) is 1. The molecular weight excluding hydrogens is 356 g/mol. The number of rotatable bonds is 1. The molecule has 0 bridgehead atoms. The molecular formula is C7H11ClO2Tl. The Bertz CT molecular complexity index is 143. The summed E-state index contributed by atoms with van der Waals surface area (Å²) in [7, 11) is 0. The second-order valence-corrected chi connectivity index (χ2v) is 3.55. The van der Waals surface area contributed by atoms with Crippen molar-refractivity contribution in [1.29, 1.82) is 0 Å². The smallest absolute Gasteiger partial charge is 0.324 e. The molecule has 0 unspecified atom stereocenters. The quantitative estimate of drug-likeness (QED) is 0.565. The summed E-state index contributed by atoms with van der Waals surface area (Å²) in [6.07, 6.45) is 4.29. The van der Waals surface area contributed by atoms with Crippen LogP contribution in [-0.4, -0.2) is 43.2 Å². The Morgan fingerprint density at radius 1 is 1.27 bits per heavy atom. The van der Waals surface area contributed by atoms with Crippen LogP contribution in [0.15, 0.2) is 0 Å². The second kappa shape index (κ2) is 4.65. The van der Waals surface area contributed by atoms with Gasteiger partial charge in [0.1, 0.15) is 4.87 Å². The van der Waals surface area contributed by atoms with Crippen LogP contribution in [0.2, 0.25) is 0 Å². The number of halogens is 1. The van der Waals surface area contributed by atoms with Crippen LogP contribution in [0.4, 0.5) is 0 Å². The minimum absolute atomic E-state index is 0. The SMILES string of the molecule is O=C(O)C1(Cl)CCCCC1.[Tl]. The number of hydrogen-bond acceptors (Lipinski definition) is 1. The van der Waals surface area contributed by atoms with E-state index < -0.39 is 10.8 Å². The van der Waals surface area contributed by atoms with Crippen LogP contribution in [0.3, 0.4) is 0 Å². The maximum Gasteiger partial charge on any atom is 0.324 e. The Morgan fingerprint density at radius 2 is 1.73 bits per heavy atom. The van der Waals surface area contributed by atoms with E-state index in [9.17, 15) is 4.79 Å². The van der Waals surface area contributed by atoms with Crippen molar-refractivity contribution < 1.29 is 9.90 Å². The molecule has 1 N–H and O–H groups in total. The van der Waals surface area contributed by atoms with Gasteiger partial charge in [-0.25, -0.2) is 0 Å². The van der Waals surface area contributed by atoms with Gasteiger partial charge in [-0.15, -0.1) is 11.6 Å². The molecule has 0 aromatic heterocycles. The third-order valence-corrected chi connectivity index (χ3v) is 2.57. The summed E-state index contributed by atoms with van der Waals surface area (Å²) in [5, 5.41) is 8.67. The number of hydrogen-bond donors (Lipinski definition) is 1. The molecule has 1 rings (SSSR count). The van der Waals surface area contributed by atoms with Gasteiger partial charge in [-0.3, -0.25) is 4.79 Å². The molecule has 61 valence electrons. The third kappa shape index (κ3) is 2.89. The summed E-state index contributed by atoms with van der Waals surface area (Å²) in [6, 6.07) is 0. The normalized spacial score (nSPS) is 21.9. The van der Waals surface area contributed by atoms with Crippen LogP contribution < -0.4 is 0 Å². The van der Waals surface area contributed by atoms with E-state index in [0.717, 1.165) is 19.3 Å². The molecule has 0 aliphatic heterocycles. The number of carbonyl (C=O) groups is 1. The summed E-state index contributed by atoms with van der Waals surface area (Å²) in [4.78, 5) is 9.61. The van der Waals surface area contributed by atoms with E-state index in [1.807, 2.05) is 0 Å². The molecule has 2 nitrogen and oxygen atoms in total. The van der Waals surface area contributed by atoms with Crippen molar-refractivity contribution in [3.05, 3.63) is 0 Å². The van der Waals surface area contributed by atoms with E-state index in [1.54, 1.807) is 0 Å². The Morgan fingerprint density at radius 3 is 2.00 bits per heavy atom. The van der Waals surface area contributed by atoms with Crippen molar-refractivity contribution in [2.24, 2.45) is 0 Å². The van der Waals surface area contributed by atoms with Crippen molar-refractivity contribution in [1.82, 2.24) is 0 Å². The largest absolute Gasteiger partial charge is 0.480 e. The van der Waals surface area contributed by atoms with E-state index >= 15 is 0 Å². The van der Waals surface area contributed by atoms with Gasteiger partial charge in [-0.05, 0) is 12.8 Å². The summed E-state index contributed by atoms with van der Waals surface area (Å²) in [6.45, 7) is 0. The molecule has 1 aliphatic carbocycles. The van der Waals surface area contributed by atoms with E-state index in [4.69, 9.17) is 16.7 Å². The summed E-state index contributed by atoms with van der Waals surface area (Å²) >= 11 is 5.81. The molecule has 0 atom stereocenters. The zero-order valence-electron chi connectivity index (χ0n) is 6.35. The summed E-state index contributed by atoms with van der Waals surface area (Å²) < 4.78 is 0. The molecule has 4 heteroatoms. The van der Waals surface area contributed by atoms with E-state index in [0.29, 0.717) is 12.8 Å². The van der Waals surface area contributed by atoms with Gasteiger partial charge in [0, 0.05) is 27.3 Å². The molecule has 1 radical (unpaired) electrons. The van der Waals surface area contributed by atoms with Crippen molar-refractivity contribution in [3.8, 4) is 0 Å². The average Bonchev–Trinajstić information content (AvgIpc) is 1.89. The van der Waals surface area contributed by atoms with Gasteiger partial charge in [0.15, 0.2) is 0 Å². The predicted octanol–water partition coefficient (Wildman–Crippen LogP) is 1.63. The van der Waals surface area contributed by atoms with Crippen molar-refractivity contribution in [3.63, 3.8) is 0 Å². The molecule has 0 aromatic rings. The third-order valence-electron chi connectivity index (χ3n) is 2.03. The van der Waals surface area contributed by atoms with Gasteiger partial charge >= 0.3 is 5.97 Å². The molecule has 0 spiro atoms. The van der Waals surface area contributed by atoms with Crippen LogP contribution in [0, 0.1) is 0 Å². The molecule has 0 saturated heterocycles. The maximum absolute atomic E-state index is 10.5. The number of carboxylic acids is 1. The molecule has 0 heterocycles. The van der Waals surface area contributed by atoms with Gasteiger partial charge in [0.05, 0.1) is 0 Å². The van der Waals surface area contributed by atoms with Gasteiger partial charge in [-0.2, -0.15) is 0 Å². The van der Waals surface area contributed by atoms with Crippen LogP contribution >= 0.6 is 11.6 Å². The molecule has 0 aromatic carbocycles. The molecule has 11 heavy (non-hydrogen) atoms. The zero-order valence-corrected chi connectivity index (χ0v) is 11.6. The van der Waals surface area contributed by atoms with Crippen LogP contribution in [0.5, 0.6) is 0 Å². The fourth-order valence-corrected chi connectivity index (χ4v) is 1.59. The standard InChI is InChI=1S/C7H11ClO2.Tl/c8-7(6(9)10)4-2-1-3-5-7;/h1-5H2,(H,9,10);. The maximum atomic E-state index is 10.5. The summed E-state index contributed by atoms with van der Waals surface area (Å²) in [5.74, 6) is -0.853. The first-order chi connectivity index (χ1) is 4.65. The predicted molar refractivity (Wildman–Crippen MR) is 45.1 cm³/mol. The Hall–Kier alpha value is 0.682. The van der Waals surface area contributed by atoms with E-state index in [2.05, 4.69) is 0 Å². The number of alkyl halides is 1. The fourth-order valence-electron chi connectivity index (χ4n) is 1.33. The Kier molecular flexibility index (Phi) is 4.93. The van der Waals surface area contributed by atoms with Crippen molar-refractivity contribution in [2.75, 3.05) is 0 Å². The second-order valence-electron chi connectivity index (χ2n) is 2.83. The van der Waals surface area contributed by atoms with E-state index in [-0.39, 0.29) is 27.3 Å². The molecule has 1 aliphatic rings. The Labute approximate surface area is 91.5 Å². The van der Waals surface area contributed by atoms with E-state index in [1.165, 1.54) is 0 Å².